The van der Waals surface area contributed by atoms with Gasteiger partial charge in [0.05, 0.1) is 17.4 Å². The van der Waals surface area contributed by atoms with E-state index in [0.29, 0.717) is 12.5 Å². The molecule has 8 heteroatoms. The zero-order chi connectivity index (χ0) is 15.1. The molecule has 120 valence electrons. The maximum Gasteiger partial charge on any atom is 0.239 e. The lowest BCUT2D eigenvalue weighted by Gasteiger charge is -2.21. The molecule has 0 bridgehead atoms. The number of thiophene rings is 1. The zero-order valence-corrected chi connectivity index (χ0v) is 16.5. The predicted octanol–water partition coefficient (Wildman–Crippen LogP) is 2.55. The van der Waals surface area contributed by atoms with Crippen molar-refractivity contribution in [2.75, 3.05) is 20.6 Å². The van der Waals surface area contributed by atoms with Crippen molar-refractivity contribution in [1.29, 1.82) is 0 Å². The fourth-order valence-electron chi connectivity index (χ4n) is 1.66. The van der Waals surface area contributed by atoms with E-state index in [2.05, 4.69) is 15.6 Å². The van der Waals surface area contributed by atoms with Crippen molar-refractivity contribution in [3.05, 3.63) is 21.3 Å². The fourth-order valence-corrected chi connectivity index (χ4v) is 2.80. The number of aliphatic imine (C=N–C) groups is 1. The largest absolute Gasteiger partial charge is 0.352 e. The highest BCUT2D eigenvalue weighted by Crippen LogP contribution is 2.22. The van der Waals surface area contributed by atoms with Gasteiger partial charge in [-0.25, -0.2) is 0 Å². The third kappa shape index (κ3) is 7.87. The molecule has 0 saturated heterocycles. The van der Waals surface area contributed by atoms with E-state index in [1.54, 1.807) is 7.05 Å². The van der Waals surface area contributed by atoms with E-state index >= 15 is 0 Å². The summed E-state index contributed by atoms with van der Waals surface area (Å²) in [5.74, 6) is 0.627. The number of hydrogen-bond acceptors (Lipinski definition) is 3. The van der Waals surface area contributed by atoms with Crippen LogP contribution in [0, 0.1) is 0 Å². The van der Waals surface area contributed by atoms with Crippen molar-refractivity contribution in [2.45, 2.75) is 26.4 Å². The third-order valence-corrected chi connectivity index (χ3v) is 3.67. The van der Waals surface area contributed by atoms with Crippen LogP contribution in [-0.4, -0.2) is 43.4 Å². The highest BCUT2D eigenvalue weighted by Gasteiger charge is 2.10. The lowest BCUT2D eigenvalue weighted by molar-refractivity contribution is -0.120. The number of hydrogen-bond donors (Lipinski definition) is 2. The van der Waals surface area contributed by atoms with Crippen molar-refractivity contribution in [3.63, 3.8) is 0 Å². The van der Waals surface area contributed by atoms with Crippen LogP contribution in [0.3, 0.4) is 0 Å². The Kier molecular flexibility index (Phi) is 9.97. The maximum absolute atomic E-state index is 11.6. The first-order chi connectivity index (χ1) is 9.42. The van der Waals surface area contributed by atoms with Crippen LogP contribution in [0.5, 0.6) is 0 Å². The summed E-state index contributed by atoms with van der Waals surface area (Å²) in [4.78, 5) is 18.9. The van der Waals surface area contributed by atoms with E-state index in [4.69, 9.17) is 11.6 Å². The first-order valence-corrected chi connectivity index (χ1v) is 7.57. The molecule has 0 aliphatic rings. The van der Waals surface area contributed by atoms with Gasteiger partial charge in [-0.3, -0.25) is 9.79 Å². The monoisotopic (exact) mass is 444 g/mol. The van der Waals surface area contributed by atoms with Crippen LogP contribution in [0.25, 0.3) is 0 Å². The Morgan fingerprint density at radius 1 is 1.48 bits per heavy atom. The molecule has 1 rings (SSSR count). The maximum atomic E-state index is 11.6. The van der Waals surface area contributed by atoms with E-state index in [1.165, 1.54) is 11.3 Å². The van der Waals surface area contributed by atoms with Gasteiger partial charge in [0, 0.05) is 25.0 Å². The van der Waals surface area contributed by atoms with Crippen LogP contribution in [0.2, 0.25) is 4.34 Å². The van der Waals surface area contributed by atoms with E-state index in [9.17, 15) is 4.79 Å². The second-order valence-corrected chi connectivity index (χ2v) is 6.48. The molecule has 0 spiro atoms. The topological polar surface area (TPSA) is 56.7 Å². The fraction of sp³-hybridized carbons (Fsp3) is 0.538. The molecule has 0 unspecified atom stereocenters. The van der Waals surface area contributed by atoms with Gasteiger partial charge in [0.1, 0.15) is 0 Å². The van der Waals surface area contributed by atoms with Gasteiger partial charge < -0.3 is 15.5 Å². The van der Waals surface area contributed by atoms with Crippen LogP contribution in [0.1, 0.15) is 18.7 Å². The van der Waals surface area contributed by atoms with Gasteiger partial charge in [0.15, 0.2) is 5.96 Å². The summed E-state index contributed by atoms with van der Waals surface area (Å²) in [6.45, 7) is 4.77. The summed E-state index contributed by atoms with van der Waals surface area (Å²) in [5.41, 5.74) is 0. The number of carbonyl (C=O) groups is 1. The summed E-state index contributed by atoms with van der Waals surface area (Å²) >= 11 is 7.45. The zero-order valence-electron chi connectivity index (χ0n) is 12.6. The van der Waals surface area contributed by atoms with E-state index in [1.807, 2.05) is 37.9 Å². The lowest BCUT2D eigenvalue weighted by Crippen LogP contribution is -2.44. The van der Waals surface area contributed by atoms with Crippen LogP contribution in [0.4, 0.5) is 0 Å². The highest BCUT2D eigenvalue weighted by molar-refractivity contribution is 14.0. The number of carbonyl (C=O) groups excluding carboxylic acids is 1. The minimum Gasteiger partial charge on any atom is -0.352 e. The second kappa shape index (κ2) is 10.2. The van der Waals surface area contributed by atoms with Crippen LogP contribution >= 0.6 is 46.9 Å². The third-order valence-electron chi connectivity index (χ3n) is 2.45. The Bertz CT molecular complexity index is 478. The van der Waals surface area contributed by atoms with Gasteiger partial charge in [-0.15, -0.1) is 35.3 Å². The minimum atomic E-state index is -0.0475. The van der Waals surface area contributed by atoms with Gasteiger partial charge in [0.25, 0.3) is 0 Å². The normalized spacial score (nSPS) is 11.0. The molecule has 2 N–H and O–H groups in total. The number of nitrogens with one attached hydrogen (secondary N) is 2. The highest BCUT2D eigenvalue weighted by atomic mass is 127. The average molecular weight is 445 g/mol. The van der Waals surface area contributed by atoms with Crippen LogP contribution in [0.15, 0.2) is 17.1 Å². The van der Waals surface area contributed by atoms with Crippen LogP contribution in [-0.2, 0) is 11.3 Å². The quantitative estimate of drug-likeness (QED) is 0.417. The van der Waals surface area contributed by atoms with Crippen molar-refractivity contribution < 1.29 is 4.79 Å². The first-order valence-electron chi connectivity index (χ1n) is 6.37. The smallest absolute Gasteiger partial charge is 0.239 e. The summed E-state index contributed by atoms with van der Waals surface area (Å²) in [5, 5.41) is 5.86. The Balaban J connectivity index is 0.00000400. The number of rotatable bonds is 5. The summed E-state index contributed by atoms with van der Waals surface area (Å²) < 4.78 is 0.771. The molecule has 0 radical (unpaired) electrons. The predicted molar refractivity (Wildman–Crippen MR) is 101 cm³/mol. The number of guanidine groups is 1. The van der Waals surface area contributed by atoms with Crippen LogP contribution < -0.4 is 10.6 Å². The number of halogens is 2. The van der Waals surface area contributed by atoms with Crippen molar-refractivity contribution >= 4 is 58.8 Å². The Hall–Kier alpha value is -0.540. The molecular formula is C13H22ClIN4OS. The molecule has 0 fully saturated rings. The molecule has 5 nitrogen and oxygen atoms in total. The molecule has 21 heavy (non-hydrogen) atoms. The Morgan fingerprint density at radius 3 is 2.62 bits per heavy atom. The molecule has 0 saturated carbocycles. The Labute approximate surface area is 152 Å². The molecule has 0 aliphatic carbocycles. The second-order valence-electron chi connectivity index (χ2n) is 4.68. The van der Waals surface area contributed by atoms with Crippen molar-refractivity contribution in [3.8, 4) is 0 Å². The standard InChI is InChI=1S/C13H21ClN4OS.HI/c1-9(2)17-12(19)7-16-13(15-3)18(4)8-10-5-6-11(14)20-10;/h5-6,9H,7-8H2,1-4H3,(H,15,16)(H,17,19);1H. The molecule has 0 aliphatic heterocycles. The summed E-state index contributed by atoms with van der Waals surface area (Å²) in [6.07, 6.45) is 0. The minimum absolute atomic E-state index is 0. The average Bonchev–Trinajstić information content (AvgIpc) is 2.74. The number of nitrogens with zero attached hydrogens (tertiary/aromatic N) is 2. The van der Waals surface area contributed by atoms with Gasteiger partial charge in [0.2, 0.25) is 5.91 Å². The molecule has 0 atom stereocenters. The molecule has 1 aromatic heterocycles. The molecule has 1 amide bonds. The van der Waals surface area contributed by atoms with E-state index in [-0.39, 0.29) is 42.5 Å². The molecule has 0 aromatic carbocycles. The summed E-state index contributed by atoms with van der Waals surface area (Å²) in [6, 6.07) is 4.00. The van der Waals surface area contributed by atoms with Gasteiger partial charge in [-0.05, 0) is 26.0 Å². The molecule has 1 aromatic rings. The van der Waals surface area contributed by atoms with Gasteiger partial charge in [-0.1, -0.05) is 11.6 Å². The number of amides is 1. The lowest BCUT2D eigenvalue weighted by atomic mass is 10.4. The summed E-state index contributed by atoms with van der Waals surface area (Å²) in [7, 11) is 3.61. The molecule has 1 heterocycles. The molecular weight excluding hydrogens is 423 g/mol. The van der Waals surface area contributed by atoms with Gasteiger partial charge >= 0.3 is 0 Å². The van der Waals surface area contributed by atoms with Gasteiger partial charge in [-0.2, -0.15) is 0 Å². The van der Waals surface area contributed by atoms with E-state index in [0.717, 1.165) is 9.21 Å². The van der Waals surface area contributed by atoms with Crippen molar-refractivity contribution in [2.24, 2.45) is 4.99 Å². The first kappa shape index (κ1) is 20.5. The van der Waals surface area contributed by atoms with Crippen molar-refractivity contribution in [1.82, 2.24) is 15.5 Å². The Morgan fingerprint density at radius 2 is 2.14 bits per heavy atom. The van der Waals surface area contributed by atoms with E-state index < -0.39 is 0 Å². The SMILES string of the molecule is CN=C(NCC(=O)NC(C)C)N(C)Cc1ccc(Cl)s1.I.